The van der Waals surface area contributed by atoms with Crippen molar-refractivity contribution in [1.29, 1.82) is 0 Å². The number of fused-ring (bicyclic) bond motifs is 3. The summed E-state index contributed by atoms with van der Waals surface area (Å²) in [4.78, 5) is 23.1. The maximum Gasteiger partial charge on any atom is 0.270 e. The molecule has 0 bridgehead atoms. The highest BCUT2D eigenvalue weighted by Crippen LogP contribution is 2.23. The first kappa shape index (κ1) is 18.7. The standard InChI is InChI=1S/C21H15N2O3.BrH/c24-21(16-6-3-7-17(13-16)23(25)26)14-22-12-4-9-19-18-8-2-1-5-15(18)10-11-20(19)22;/h1-13H,14H2;1H/q+1;. The van der Waals surface area contributed by atoms with Crippen LogP contribution in [0.25, 0.3) is 21.7 Å². The minimum atomic E-state index is -0.492. The van der Waals surface area contributed by atoms with Gasteiger partial charge in [-0.3, -0.25) is 14.9 Å². The van der Waals surface area contributed by atoms with Crippen LogP contribution in [0.2, 0.25) is 0 Å². The van der Waals surface area contributed by atoms with Gasteiger partial charge in [-0.15, -0.1) is 17.0 Å². The zero-order valence-corrected chi connectivity index (χ0v) is 16.0. The van der Waals surface area contributed by atoms with E-state index in [-0.39, 0.29) is 35.0 Å². The van der Waals surface area contributed by atoms with Crippen molar-refractivity contribution in [2.75, 3.05) is 0 Å². The molecule has 0 saturated carbocycles. The summed E-state index contributed by atoms with van der Waals surface area (Å²) < 4.78 is 1.88. The second-order valence-electron chi connectivity index (χ2n) is 6.09. The average molecular weight is 424 g/mol. The van der Waals surface area contributed by atoms with Gasteiger partial charge in [0.05, 0.1) is 10.3 Å². The second kappa shape index (κ2) is 7.63. The molecule has 0 aliphatic rings. The van der Waals surface area contributed by atoms with Gasteiger partial charge >= 0.3 is 0 Å². The van der Waals surface area contributed by atoms with E-state index in [9.17, 15) is 14.9 Å². The highest BCUT2D eigenvalue weighted by Gasteiger charge is 2.18. The molecule has 5 nitrogen and oxygen atoms in total. The summed E-state index contributed by atoms with van der Waals surface area (Å²) in [6, 6.07) is 21.9. The number of benzene rings is 3. The summed E-state index contributed by atoms with van der Waals surface area (Å²) in [6.07, 6.45) is 1.85. The molecule has 0 aliphatic heterocycles. The van der Waals surface area contributed by atoms with Crippen LogP contribution in [0.4, 0.5) is 5.69 Å². The van der Waals surface area contributed by atoms with Gasteiger partial charge in [-0.2, -0.15) is 4.57 Å². The van der Waals surface area contributed by atoms with Crippen molar-refractivity contribution in [1.82, 2.24) is 0 Å². The van der Waals surface area contributed by atoms with Crippen molar-refractivity contribution in [3.8, 4) is 0 Å². The molecule has 0 radical (unpaired) electrons. The topological polar surface area (TPSA) is 64.1 Å². The SMILES string of the molecule is Br.O=C(C[n+]1cccc2c3ccccc3ccc21)c1cccc([N+](=O)[O-])c1. The Labute approximate surface area is 165 Å². The molecule has 6 heteroatoms. The van der Waals surface area contributed by atoms with E-state index in [0.717, 1.165) is 21.7 Å². The van der Waals surface area contributed by atoms with Gasteiger partial charge in [0.25, 0.3) is 5.69 Å². The zero-order chi connectivity index (χ0) is 18.1. The van der Waals surface area contributed by atoms with E-state index in [1.54, 1.807) is 6.07 Å². The molecule has 27 heavy (non-hydrogen) atoms. The fourth-order valence-corrected chi connectivity index (χ4v) is 3.21. The number of aromatic nitrogens is 1. The Morgan fingerprint density at radius 1 is 0.926 bits per heavy atom. The summed E-state index contributed by atoms with van der Waals surface area (Å²) in [5, 5.41) is 14.3. The van der Waals surface area contributed by atoms with E-state index in [0.29, 0.717) is 5.56 Å². The largest absolute Gasteiger partial charge is 0.287 e. The van der Waals surface area contributed by atoms with E-state index in [1.165, 1.54) is 18.2 Å². The molecule has 1 heterocycles. The average Bonchev–Trinajstić information content (AvgIpc) is 2.68. The van der Waals surface area contributed by atoms with Crippen LogP contribution in [0.5, 0.6) is 0 Å². The minimum absolute atomic E-state index is 0. The first-order chi connectivity index (χ1) is 12.6. The highest BCUT2D eigenvalue weighted by molar-refractivity contribution is 8.93. The lowest BCUT2D eigenvalue weighted by Crippen LogP contribution is -2.38. The van der Waals surface area contributed by atoms with Crippen LogP contribution in [-0.2, 0) is 6.54 Å². The molecule has 0 spiro atoms. The van der Waals surface area contributed by atoms with Gasteiger partial charge < -0.3 is 0 Å². The number of rotatable bonds is 4. The molecule has 0 unspecified atom stereocenters. The van der Waals surface area contributed by atoms with E-state index in [4.69, 9.17) is 0 Å². The lowest BCUT2D eigenvalue weighted by Gasteiger charge is -2.04. The maximum absolute atomic E-state index is 12.7. The van der Waals surface area contributed by atoms with Crippen LogP contribution in [-0.4, -0.2) is 10.7 Å². The minimum Gasteiger partial charge on any atom is -0.287 e. The van der Waals surface area contributed by atoms with Gasteiger partial charge in [0.1, 0.15) is 0 Å². The Hall–Kier alpha value is -3.12. The first-order valence-corrected chi connectivity index (χ1v) is 8.21. The fourth-order valence-electron chi connectivity index (χ4n) is 3.21. The molecule has 0 N–H and O–H groups in total. The van der Waals surface area contributed by atoms with Crippen molar-refractivity contribution in [3.05, 3.63) is 94.7 Å². The lowest BCUT2D eigenvalue weighted by atomic mass is 10.0. The van der Waals surface area contributed by atoms with E-state index < -0.39 is 4.92 Å². The number of nitro groups is 1. The van der Waals surface area contributed by atoms with Gasteiger partial charge in [0.2, 0.25) is 17.8 Å². The van der Waals surface area contributed by atoms with Crippen LogP contribution in [0.15, 0.2) is 79.0 Å². The molecule has 1 aromatic heterocycles. The van der Waals surface area contributed by atoms with Crippen molar-refractivity contribution >= 4 is 50.1 Å². The normalized spacial score (nSPS) is 10.5. The Morgan fingerprint density at radius 3 is 2.52 bits per heavy atom. The van der Waals surface area contributed by atoms with E-state index >= 15 is 0 Å². The molecular formula is C21H16BrN2O3+. The smallest absolute Gasteiger partial charge is 0.270 e. The molecular weight excluding hydrogens is 408 g/mol. The lowest BCUT2D eigenvalue weighted by molar-refractivity contribution is -0.657. The number of nitrogens with zero attached hydrogens (tertiary/aromatic N) is 2. The first-order valence-electron chi connectivity index (χ1n) is 8.21. The Morgan fingerprint density at radius 2 is 1.70 bits per heavy atom. The predicted octanol–water partition coefficient (Wildman–Crippen LogP) is 4.65. The van der Waals surface area contributed by atoms with Crippen molar-refractivity contribution in [2.45, 2.75) is 6.54 Å². The van der Waals surface area contributed by atoms with Crippen LogP contribution >= 0.6 is 17.0 Å². The van der Waals surface area contributed by atoms with Crippen LogP contribution in [0.1, 0.15) is 10.4 Å². The van der Waals surface area contributed by atoms with Gasteiger partial charge in [0, 0.05) is 29.8 Å². The molecule has 0 aliphatic carbocycles. The summed E-state index contributed by atoms with van der Waals surface area (Å²) in [7, 11) is 0. The number of carbonyl (C=O) groups is 1. The molecule has 0 amide bonds. The van der Waals surface area contributed by atoms with E-state index in [2.05, 4.69) is 12.1 Å². The highest BCUT2D eigenvalue weighted by atomic mass is 79.9. The monoisotopic (exact) mass is 423 g/mol. The molecule has 0 atom stereocenters. The number of ketones is 1. The van der Waals surface area contributed by atoms with Crippen molar-refractivity contribution in [3.63, 3.8) is 0 Å². The number of hydrogen-bond acceptors (Lipinski definition) is 3. The fraction of sp³-hybridized carbons (Fsp3) is 0.0476. The number of pyridine rings is 1. The van der Waals surface area contributed by atoms with Gasteiger partial charge in [0.15, 0.2) is 6.20 Å². The van der Waals surface area contributed by atoms with Gasteiger partial charge in [-0.25, -0.2) is 0 Å². The summed E-state index contributed by atoms with van der Waals surface area (Å²) >= 11 is 0. The maximum atomic E-state index is 12.7. The molecule has 3 aromatic carbocycles. The van der Waals surface area contributed by atoms with Gasteiger partial charge in [-0.1, -0.05) is 36.4 Å². The molecule has 0 saturated heterocycles. The quantitative estimate of drug-likeness (QED) is 0.158. The second-order valence-corrected chi connectivity index (χ2v) is 6.09. The predicted molar refractivity (Wildman–Crippen MR) is 109 cm³/mol. The third-order valence-electron chi connectivity index (χ3n) is 4.48. The number of non-ortho nitro benzene ring substituents is 1. The number of halogens is 1. The van der Waals surface area contributed by atoms with Crippen LogP contribution in [0.3, 0.4) is 0 Å². The summed E-state index contributed by atoms with van der Waals surface area (Å²) in [5.41, 5.74) is 1.21. The summed E-state index contributed by atoms with van der Waals surface area (Å²) in [6.45, 7) is 0.122. The number of Topliss-reactive ketones (excluding diaryl/α,β-unsaturated/α-hetero) is 1. The van der Waals surface area contributed by atoms with E-state index in [1.807, 2.05) is 47.2 Å². The third-order valence-corrected chi connectivity index (χ3v) is 4.48. The Balaban J connectivity index is 0.00000210. The zero-order valence-electron chi connectivity index (χ0n) is 14.2. The third kappa shape index (κ3) is 3.57. The Kier molecular flexibility index (Phi) is 5.28. The van der Waals surface area contributed by atoms with Crippen LogP contribution in [0, 0.1) is 10.1 Å². The molecule has 0 fully saturated rings. The Bertz CT molecular complexity index is 1170. The molecule has 134 valence electrons. The number of nitro benzene ring substituents is 1. The van der Waals surface area contributed by atoms with Crippen molar-refractivity contribution in [2.24, 2.45) is 0 Å². The number of hydrogen-bond donors (Lipinski definition) is 0. The molecule has 4 rings (SSSR count). The number of carbonyl (C=O) groups excluding carboxylic acids is 1. The van der Waals surface area contributed by atoms with Crippen LogP contribution < -0.4 is 4.57 Å². The summed E-state index contributed by atoms with van der Waals surface area (Å²) in [5.74, 6) is -0.167. The van der Waals surface area contributed by atoms with Gasteiger partial charge in [-0.05, 0) is 22.9 Å². The van der Waals surface area contributed by atoms with Crippen molar-refractivity contribution < 1.29 is 14.3 Å². The molecule has 4 aromatic rings.